The fourth-order valence-corrected chi connectivity index (χ4v) is 3.40. The predicted octanol–water partition coefficient (Wildman–Crippen LogP) is 2.22. The van der Waals surface area contributed by atoms with E-state index in [-0.39, 0.29) is 11.5 Å². The molecule has 2 aromatic rings. The van der Waals surface area contributed by atoms with Crippen LogP contribution < -0.4 is 5.32 Å². The van der Waals surface area contributed by atoms with Crippen molar-refractivity contribution in [3.8, 4) is 0 Å². The highest BCUT2D eigenvalue weighted by Gasteiger charge is 2.46. The van der Waals surface area contributed by atoms with Gasteiger partial charge < -0.3 is 19.0 Å². The van der Waals surface area contributed by atoms with Crippen LogP contribution in [0.3, 0.4) is 0 Å². The van der Waals surface area contributed by atoms with Crippen molar-refractivity contribution in [3.05, 3.63) is 47.8 Å². The monoisotopic (exact) mass is 343 g/mol. The maximum atomic E-state index is 12.3. The number of nitrogens with one attached hydrogen (secondary N) is 1. The van der Waals surface area contributed by atoms with Gasteiger partial charge in [0.1, 0.15) is 23.0 Å². The Morgan fingerprint density at radius 2 is 2.28 bits per heavy atom. The maximum Gasteiger partial charge on any atom is 0.269 e. The highest BCUT2D eigenvalue weighted by atomic mass is 16.7. The van der Waals surface area contributed by atoms with Gasteiger partial charge in [-0.25, -0.2) is 0 Å². The smallest absolute Gasteiger partial charge is 0.269 e. The Morgan fingerprint density at radius 1 is 1.36 bits per heavy atom. The van der Waals surface area contributed by atoms with Crippen LogP contribution in [0.2, 0.25) is 0 Å². The van der Waals surface area contributed by atoms with Crippen molar-refractivity contribution in [1.29, 1.82) is 0 Å². The number of likely N-dealkylation sites (tertiary alicyclic amines) is 1. The first kappa shape index (κ1) is 16.0. The number of furan rings is 2. The number of aryl methyl sites for hydroxylation is 1. The molecule has 0 radical (unpaired) electrons. The lowest BCUT2D eigenvalue weighted by molar-refractivity contribution is -0.115. The van der Waals surface area contributed by atoms with E-state index in [2.05, 4.69) is 15.4 Å². The van der Waals surface area contributed by atoms with E-state index in [4.69, 9.17) is 13.7 Å². The topological polar surface area (TPSA) is 80.2 Å². The standard InChI is InChI=1S/C18H21N3O4/c1-13-4-5-15(24-13)11-21-7-6-18(12-21)9-16(20-25-18)17(22)19-10-14-3-2-8-23-14/h2-5,8H,6-7,9-12H2,1H3,(H,19,22)/t18-/m1/s1. The number of hydrogen-bond donors (Lipinski definition) is 1. The minimum Gasteiger partial charge on any atom is -0.467 e. The molecule has 7 nitrogen and oxygen atoms in total. The van der Waals surface area contributed by atoms with Crippen LogP contribution in [0.1, 0.15) is 30.1 Å². The molecule has 25 heavy (non-hydrogen) atoms. The number of carbonyl (C=O) groups excluding carboxylic acids is 1. The van der Waals surface area contributed by atoms with Crippen LogP contribution in [0.4, 0.5) is 0 Å². The average Bonchev–Trinajstić information content (AvgIpc) is 3.37. The minimum absolute atomic E-state index is 0.201. The second-order valence-corrected chi connectivity index (χ2v) is 6.72. The molecule has 0 bridgehead atoms. The van der Waals surface area contributed by atoms with Gasteiger partial charge in [-0.2, -0.15) is 0 Å². The molecule has 0 unspecified atom stereocenters. The van der Waals surface area contributed by atoms with Crippen LogP contribution in [0.25, 0.3) is 0 Å². The van der Waals surface area contributed by atoms with E-state index in [9.17, 15) is 4.79 Å². The highest BCUT2D eigenvalue weighted by Crippen LogP contribution is 2.34. The van der Waals surface area contributed by atoms with Crippen LogP contribution in [0, 0.1) is 6.92 Å². The third-order valence-electron chi connectivity index (χ3n) is 4.68. The third-order valence-corrected chi connectivity index (χ3v) is 4.68. The lowest BCUT2D eigenvalue weighted by Crippen LogP contribution is -2.36. The number of amides is 1. The lowest BCUT2D eigenvalue weighted by atomic mass is 9.96. The fraction of sp³-hybridized carbons (Fsp3) is 0.444. The molecule has 0 aromatic carbocycles. The molecule has 4 rings (SSSR count). The van der Waals surface area contributed by atoms with E-state index in [0.29, 0.717) is 24.4 Å². The first-order chi connectivity index (χ1) is 12.1. The molecule has 1 N–H and O–H groups in total. The van der Waals surface area contributed by atoms with Gasteiger partial charge in [0, 0.05) is 25.9 Å². The van der Waals surface area contributed by atoms with Gasteiger partial charge in [-0.05, 0) is 31.2 Å². The zero-order valence-electron chi connectivity index (χ0n) is 14.2. The van der Waals surface area contributed by atoms with E-state index >= 15 is 0 Å². The zero-order chi connectivity index (χ0) is 17.3. The van der Waals surface area contributed by atoms with E-state index in [1.54, 1.807) is 12.3 Å². The molecule has 1 amide bonds. The molecule has 2 aromatic heterocycles. The Bertz CT molecular complexity index is 780. The van der Waals surface area contributed by atoms with Crippen molar-refractivity contribution >= 4 is 11.6 Å². The Balaban J connectivity index is 1.29. The van der Waals surface area contributed by atoms with Gasteiger partial charge in [-0.1, -0.05) is 5.16 Å². The van der Waals surface area contributed by atoms with Gasteiger partial charge >= 0.3 is 0 Å². The second kappa shape index (κ2) is 6.40. The van der Waals surface area contributed by atoms with Crippen molar-refractivity contribution in [2.75, 3.05) is 13.1 Å². The maximum absolute atomic E-state index is 12.3. The Morgan fingerprint density at radius 3 is 3.04 bits per heavy atom. The number of carbonyl (C=O) groups is 1. The first-order valence-electron chi connectivity index (χ1n) is 8.45. The van der Waals surface area contributed by atoms with Crippen LogP contribution >= 0.6 is 0 Å². The largest absolute Gasteiger partial charge is 0.467 e. The van der Waals surface area contributed by atoms with Gasteiger partial charge in [-0.3, -0.25) is 9.69 Å². The Labute approximate surface area is 145 Å². The molecular weight excluding hydrogens is 322 g/mol. The van der Waals surface area contributed by atoms with Crippen molar-refractivity contribution in [3.63, 3.8) is 0 Å². The van der Waals surface area contributed by atoms with Crippen LogP contribution in [-0.2, 0) is 22.7 Å². The van der Waals surface area contributed by atoms with Gasteiger partial charge in [0.05, 0.1) is 19.4 Å². The van der Waals surface area contributed by atoms with Crippen molar-refractivity contribution in [2.24, 2.45) is 5.16 Å². The lowest BCUT2D eigenvalue weighted by Gasteiger charge is -2.21. The molecule has 7 heteroatoms. The SMILES string of the molecule is Cc1ccc(CN2CC[C@@]3(CC(C(=O)NCc4ccco4)=NO3)C2)o1. The Kier molecular flexibility index (Phi) is 4.09. The number of oxime groups is 1. The Hall–Kier alpha value is -2.54. The molecule has 4 heterocycles. The summed E-state index contributed by atoms with van der Waals surface area (Å²) < 4.78 is 10.8. The average molecular weight is 343 g/mol. The summed E-state index contributed by atoms with van der Waals surface area (Å²) in [7, 11) is 0. The van der Waals surface area contributed by atoms with Gasteiger partial charge in [-0.15, -0.1) is 0 Å². The number of nitrogens with zero attached hydrogens (tertiary/aromatic N) is 2. The number of hydrogen-bond acceptors (Lipinski definition) is 6. The summed E-state index contributed by atoms with van der Waals surface area (Å²) in [6.45, 7) is 4.68. The molecule has 1 atom stereocenters. The quantitative estimate of drug-likeness (QED) is 0.900. The molecule has 1 saturated heterocycles. The van der Waals surface area contributed by atoms with Crippen molar-refractivity contribution in [2.45, 2.75) is 38.5 Å². The summed E-state index contributed by atoms with van der Waals surface area (Å²) in [6.07, 6.45) is 2.97. The highest BCUT2D eigenvalue weighted by molar-refractivity contribution is 6.39. The van der Waals surface area contributed by atoms with Crippen LogP contribution in [0.15, 0.2) is 44.5 Å². The molecule has 2 aliphatic rings. The third kappa shape index (κ3) is 3.46. The summed E-state index contributed by atoms with van der Waals surface area (Å²) in [4.78, 5) is 20.2. The van der Waals surface area contributed by atoms with E-state index in [0.717, 1.165) is 37.6 Å². The van der Waals surface area contributed by atoms with Crippen molar-refractivity contribution < 1.29 is 18.5 Å². The normalized spacial score (nSPS) is 23.0. The van der Waals surface area contributed by atoms with E-state index < -0.39 is 0 Å². The molecule has 1 fully saturated rings. The molecule has 2 aliphatic heterocycles. The zero-order valence-corrected chi connectivity index (χ0v) is 14.2. The summed E-state index contributed by atoms with van der Waals surface area (Å²) in [5, 5.41) is 6.86. The summed E-state index contributed by atoms with van der Waals surface area (Å²) >= 11 is 0. The predicted molar refractivity (Wildman–Crippen MR) is 89.8 cm³/mol. The second-order valence-electron chi connectivity index (χ2n) is 6.72. The van der Waals surface area contributed by atoms with Crippen LogP contribution in [0.5, 0.6) is 0 Å². The number of rotatable bonds is 5. The van der Waals surface area contributed by atoms with Crippen LogP contribution in [-0.4, -0.2) is 35.2 Å². The minimum atomic E-state index is -0.390. The first-order valence-corrected chi connectivity index (χ1v) is 8.45. The molecule has 0 saturated carbocycles. The fourth-order valence-electron chi connectivity index (χ4n) is 3.40. The van der Waals surface area contributed by atoms with Gasteiger partial charge in [0.25, 0.3) is 5.91 Å². The molecule has 0 aliphatic carbocycles. The summed E-state index contributed by atoms with van der Waals surface area (Å²) in [5.41, 5.74) is 0.0566. The molecule has 132 valence electrons. The van der Waals surface area contributed by atoms with Crippen molar-refractivity contribution in [1.82, 2.24) is 10.2 Å². The van der Waals surface area contributed by atoms with Gasteiger partial charge in [0.2, 0.25) is 0 Å². The van der Waals surface area contributed by atoms with E-state index in [1.807, 2.05) is 25.1 Å². The molecule has 1 spiro atoms. The summed E-state index contributed by atoms with van der Waals surface area (Å²) in [5.74, 6) is 2.38. The molecular formula is C18H21N3O4. The van der Waals surface area contributed by atoms with E-state index in [1.165, 1.54) is 0 Å². The van der Waals surface area contributed by atoms with Gasteiger partial charge in [0.15, 0.2) is 5.60 Å². The summed E-state index contributed by atoms with van der Waals surface area (Å²) in [6, 6.07) is 7.58.